The molecule has 2 aromatic heterocycles. The highest BCUT2D eigenvalue weighted by Gasteiger charge is 2.38. The fourth-order valence-electron chi connectivity index (χ4n) is 7.57. The van der Waals surface area contributed by atoms with Crippen LogP contribution in [-0.4, -0.2) is 158 Å². The molecule has 0 saturated heterocycles. The molecule has 26 nitrogen and oxygen atoms in total. The Kier molecular flexibility index (Phi) is 25.2. The number of para-hydroxylation sites is 1. The van der Waals surface area contributed by atoms with Crippen molar-refractivity contribution in [2.75, 3.05) is 24.8 Å². The number of aromatic nitrogens is 3. The van der Waals surface area contributed by atoms with Crippen LogP contribution in [0.1, 0.15) is 78.0 Å². The molecule has 11 amide bonds. The normalized spacial score (nSPS) is 14.5. The van der Waals surface area contributed by atoms with Crippen molar-refractivity contribution in [2.45, 2.75) is 133 Å². The van der Waals surface area contributed by atoms with Crippen LogP contribution in [0.25, 0.3) is 10.9 Å². The first-order valence-electron chi connectivity index (χ1n) is 24.3. The molecule has 0 unspecified atom stereocenters. The number of hydrogen-bond acceptors (Lipinski definition) is 15. The molecule has 18 N–H and O–H groups in total. The van der Waals surface area contributed by atoms with Crippen LogP contribution in [0.4, 0.5) is 0 Å². The van der Waals surface area contributed by atoms with E-state index in [2.05, 4.69) is 57.5 Å². The number of carbonyl (C=O) groups is 11. The van der Waals surface area contributed by atoms with Gasteiger partial charge in [-0.1, -0.05) is 32.0 Å². The summed E-state index contributed by atoms with van der Waals surface area (Å²) in [6.45, 7) is 7.66. The smallest absolute Gasteiger partial charge is 0.244 e. The van der Waals surface area contributed by atoms with Crippen molar-refractivity contribution in [2.24, 2.45) is 28.9 Å². The Morgan fingerprint density at radius 2 is 1.28 bits per heavy atom. The first-order valence-corrected chi connectivity index (χ1v) is 27.0. The molecule has 3 aromatic rings. The summed E-state index contributed by atoms with van der Waals surface area (Å²) in [5.74, 6) is -8.55. The molecule has 0 saturated carbocycles. The summed E-state index contributed by atoms with van der Waals surface area (Å²) in [5, 5.41) is 21.4. The van der Waals surface area contributed by atoms with Crippen molar-refractivity contribution in [1.29, 1.82) is 0 Å². The van der Waals surface area contributed by atoms with Crippen LogP contribution in [0.2, 0.25) is 0 Å². The summed E-state index contributed by atoms with van der Waals surface area (Å²) in [6, 6.07) is -3.28. The van der Waals surface area contributed by atoms with E-state index in [1.807, 2.05) is 20.1 Å². The van der Waals surface area contributed by atoms with Crippen LogP contribution in [0.5, 0.6) is 0 Å². The molecule has 8 atom stereocenters. The van der Waals surface area contributed by atoms with E-state index in [0.29, 0.717) is 22.4 Å². The highest BCUT2D eigenvalue weighted by Crippen LogP contribution is 2.26. The van der Waals surface area contributed by atoms with E-state index in [1.165, 1.54) is 43.0 Å². The van der Waals surface area contributed by atoms with Crippen LogP contribution in [0.15, 0.2) is 43.0 Å². The molecule has 0 aliphatic carbocycles. The van der Waals surface area contributed by atoms with Crippen molar-refractivity contribution in [3.05, 3.63) is 54.2 Å². The monoisotopic (exact) mass is 1100 g/mol. The van der Waals surface area contributed by atoms with Crippen molar-refractivity contribution in [3.8, 4) is 0 Å². The number of fused-ring (bicyclic) bond motifs is 1. The number of H-pyrrole nitrogens is 2. The second kappa shape index (κ2) is 30.4. The molecule has 0 spiro atoms. The number of thioether (sulfide) groups is 2. The quantitative estimate of drug-likeness (QED) is 0.0291. The summed E-state index contributed by atoms with van der Waals surface area (Å²) in [4.78, 5) is 155. The number of benzene rings is 1. The van der Waals surface area contributed by atoms with E-state index in [1.54, 1.807) is 50.6 Å². The lowest BCUT2D eigenvalue weighted by Crippen LogP contribution is -2.62. The number of nitrogens with one attached hydrogen (secondary N) is 10. The first kappa shape index (κ1) is 63.1. The summed E-state index contributed by atoms with van der Waals surface area (Å²) < 4.78 is -1.03. The van der Waals surface area contributed by atoms with E-state index in [-0.39, 0.29) is 44.4 Å². The van der Waals surface area contributed by atoms with E-state index in [4.69, 9.17) is 22.9 Å². The predicted octanol–water partition coefficient (Wildman–Crippen LogP) is -2.90. The van der Waals surface area contributed by atoms with Gasteiger partial charge in [0.15, 0.2) is 0 Å². The van der Waals surface area contributed by atoms with Crippen molar-refractivity contribution < 1.29 is 52.7 Å². The van der Waals surface area contributed by atoms with E-state index in [0.717, 1.165) is 5.52 Å². The standard InChI is InChI=1S/C48H73N15O11S2/c1-24(2)16-33(45(72)59-31(40(52)67)14-15-75-6)61-46(73)35(18-27-21-53-23-56-27)58-38(66)22-55-47(74)39(48(4,5)76-7)63-41(68)25(3)57-44(71)34(17-26-20-54-30-11-9-8-10-28(26)30)62-43(70)32(12-13-36(50)64)60-42(69)29(49)19-37(51)65/h8-11,20-21,23-25,29,31-35,39,54H,12-19,22,49H2,1-7H3,(H2,50,64)(H2,51,65)(H2,52,67)(H,53,56)(H,55,74)(H,57,71)(H,58,66)(H,59,72)(H,60,69)(H,61,73)(H,62,70)(H,63,68)/t25-,29+,31+,32+,33-,34+,35+,39-/m1/s1. The third kappa shape index (κ3) is 20.5. The van der Waals surface area contributed by atoms with Gasteiger partial charge in [-0.25, -0.2) is 4.98 Å². The molecule has 418 valence electrons. The molecule has 28 heteroatoms. The number of hydrogen-bond donors (Lipinski definition) is 14. The molecule has 1 aromatic carbocycles. The Labute approximate surface area is 448 Å². The molecule has 0 aliphatic rings. The zero-order chi connectivity index (χ0) is 56.9. The SMILES string of the molecule is CSCC[C@H](NC(=O)[C@@H](CC(C)C)NC(=O)[C@H](Cc1cnc[nH]1)NC(=O)CNC(=O)[C@@H](NC(=O)[C@@H](C)NC(=O)[C@H](Cc1c[nH]c2ccccc12)NC(=O)[C@H](CCC(N)=O)NC(=O)[C@@H](N)CC(N)=O)C(C)(C)SC)C(N)=O. The maximum Gasteiger partial charge on any atom is 0.244 e. The van der Waals surface area contributed by atoms with Gasteiger partial charge in [0.05, 0.1) is 25.3 Å². The number of imidazole rings is 1. The minimum Gasteiger partial charge on any atom is -0.370 e. The third-order valence-corrected chi connectivity index (χ3v) is 13.9. The second-order valence-corrected chi connectivity index (χ2v) is 21.4. The van der Waals surface area contributed by atoms with E-state index < -0.39 is 131 Å². The Bertz CT molecular complexity index is 2520. The number of rotatable bonds is 33. The number of carbonyl (C=O) groups excluding carboxylic acids is 11. The molecule has 0 radical (unpaired) electrons. The molecule has 76 heavy (non-hydrogen) atoms. The van der Waals surface area contributed by atoms with Gasteiger partial charge in [-0.15, -0.1) is 0 Å². The van der Waals surface area contributed by atoms with Gasteiger partial charge in [0.1, 0.15) is 42.3 Å². The van der Waals surface area contributed by atoms with Crippen LogP contribution in [0, 0.1) is 5.92 Å². The number of nitrogens with two attached hydrogens (primary N) is 4. The Balaban J connectivity index is 1.81. The van der Waals surface area contributed by atoms with Gasteiger partial charge in [-0.3, -0.25) is 52.7 Å². The highest BCUT2D eigenvalue weighted by atomic mass is 32.2. The largest absolute Gasteiger partial charge is 0.370 e. The minimum absolute atomic E-state index is 0.0887. The summed E-state index contributed by atoms with van der Waals surface area (Å²) >= 11 is 2.67. The fraction of sp³-hybridized carbons (Fsp3) is 0.542. The Morgan fingerprint density at radius 1 is 0.671 bits per heavy atom. The van der Waals surface area contributed by atoms with Crippen LogP contribution in [-0.2, 0) is 65.6 Å². The van der Waals surface area contributed by atoms with Gasteiger partial charge in [0.2, 0.25) is 65.0 Å². The molecule has 0 aliphatic heterocycles. The highest BCUT2D eigenvalue weighted by molar-refractivity contribution is 8.00. The second-order valence-electron chi connectivity index (χ2n) is 19.0. The third-order valence-electron chi connectivity index (χ3n) is 12.0. The lowest BCUT2D eigenvalue weighted by Gasteiger charge is -2.33. The van der Waals surface area contributed by atoms with Gasteiger partial charge in [-0.2, -0.15) is 23.5 Å². The molecule has 3 rings (SSSR count). The maximum atomic E-state index is 14.2. The van der Waals surface area contributed by atoms with Gasteiger partial charge < -0.3 is 75.4 Å². The topological polar surface area (TPSA) is 433 Å². The molecular formula is C48H73N15O11S2. The lowest BCUT2D eigenvalue weighted by molar-refractivity contribution is -0.135. The molecule has 0 bridgehead atoms. The zero-order valence-electron chi connectivity index (χ0n) is 43.7. The molecular weight excluding hydrogens is 1030 g/mol. The van der Waals surface area contributed by atoms with Gasteiger partial charge in [-0.05, 0) is 75.8 Å². The van der Waals surface area contributed by atoms with E-state index >= 15 is 0 Å². The number of aromatic amines is 2. The van der Waals surface area contributed by atoms with E-state index in [9.17, 15) is 52.7 Å². The fourth-order valence-corrected chi connectivity index (χ4v) is 8.45. The Hall–Kier alpha value is -7.20. The Morgan fingerprint density at radius 3 is 1.88 bits per heavy atom. The molecule has 0 fully saturated rings. The van der Waals surface area contributed by atoms with Crippen molar-refractivity contribution >= 4 is 99.4 Å². The number of nitrogens with zero attached hydrogens (tertiary/aromatic N) is 1. The van der Waals surface area contributed by atoms with Gasteiger partial charge >= 0.3 is 0 Å². The average molecular weight is 1100 g/mol. The summed E-state index contributed by atoms with van der Waals surface area (Å²) in [6.07, 6.45) is 6.95. The lowest BCUT2D eigenvalue weighted by atomic mass is 10.0. The van der Waals surface area contributed by atoms with Crippen LogP contribution < -0.4 is 65.5 Å². The summed E-state index contributed by atoms with van der Waals surface area (Å²) in [5.41, 5.74) is 23.6. The number of amides is 11. The number of primary amides is 3. The minimum atomic E-state index is -1.47. The first-order chi connectivity index (χ1) is 35.8. The maximum absolute atomic E-state index is 14.2. The summed E-state index contributed by atoms with van der Waals surface area (Å²) in [7, 11) is 0. The van der Waals surface area contributed by atoms with Crippen molar-refractivity contribution in [1.82, 2.24) is 57.5 Å². The zero-order valence-corrected chi connectivity index (χ0v) is 45.3. The average Bonchev–Trinajstić information content (AvgIpc) is 4.03. The predicted molar refractivity (Wildman–Crippen MR) is 286 cm³/mol. The van der Waals surface area contributed by atoms with Gasteiger partial charge in [0.25, 0.3) is 0 Å². The van der Waals surface area contributed by atoms with Crippen LogP contribution in [0.3, 0.4) is 0 Å². The van der Waals surface area contributed by atoms with Crippen LogP contribution >= 0.6 is 23.5 Å². The van der Waals surface area contributed by atoms with Gasteiger partial charge in [0, 0.05) is 53.0 Å². The van der Waals surface area contributed by atoms with Crippen molar-refractivity contribution in [3.63, 3.8) is 0 Å². The molecule has 2 heterocycles.